The van der Waals surface area contributed by atoms with E-state index in [9.17, 15) is 0 Å². The molecule has 0 amide bonds. The van der Waals surface area contributed by atoms with Gasteiger partial charge in [-0.2, -0.15) is 0 Å². The Morgan fingerprint density at radius 2 is 1.93 bits per heavy atom. The Kier molecular flexibility index (Phi) is 4.43. The predicted molar refractivity (Wildman–Crippen MR) is 63.1 cm³/mol. The molecule has 1 heterocycles. The molecule has 0 aliphatic carbocycles. The van der Waals surface area contributed by atoms with E-state index < -0.39 is 0 Å². The largest absolute Gasteiger partial charge is 0.316 e. The van der Waals surface area contributed by atoms with E-state index in [0.717, 1.165) is 18.4 Å². The van der Waals surface area contributed by atoms with Crippen molar-refractivity contribution in [3.05, 3.63) is 35.9 Å². The summed E-state index contributed by atoms with van der Waals surface area (Å²) in [5.41, 5.74) is 1.50. The lowest BCUT2D eigenvalue weighted by Gasteiger charge is -2.16. The zero-order valence-corrected chi connectivity index (χ0v) is 9.39. The molecule has 2 unspecified atom stereocenters. The van der Waals surface area contributed by atoms with E-state index >= 15 is 0 Å². The fourth-order valence-electron chi connectivity index (χ4n) is 2.25. The molecule has 1 aliphatic heterocycles. The first-order chi connectivity index (χ1) is 6.42. The van der Waals surface area contributed by atoms with E-state index in [-0.39, 0.29) is 12.4 Å². The normalized spacial score (nSPS) is 25.8. The van der Waals surface area contributed by atoms with Crippen molar-refractivity contribution in [2.45, 2.75) is 19.3 Å². The van der Waals surface area contributed by atoms with Gasteiger partial charge in [0, 0.05) is 12.5 Å². The average molecular weight is 212 g/mol. The lowest BCUT2D eigenvalue weighted by atomic mass is 9.87. The minimum atomic E-state index is 0. The van der Waals surface area contributed by atoms with Crippen LogP contribution in [0.4, 0.5) is 0 Å². The second-order valence-corrected chi connectivity index (χ2v) is 3.84. The predicted octanol–water partition coefficient (Wildman–Crippen LogP) is 2.82. The van der Waals surface area contributed by atoms with Gasteiger partial charge in [-0.1, -0.05) is 43.7 Å². The summed E-state index contributed by atoms with van der Waals surface area (Å²) in [7, 11) is 0. The molecule has 1 N–H and O–H groups in total. The molecule has 0 radical (unpaired) electrons. The van der Waals surface area contributed by atoms with Crippen LogP contribution >= 0.6 is 12.4 Å². The average Bonchev–Trinajstić information content (AvgIpc) is 2.67. The SMILES string of the molecule is CCC1CNCC1c1ccccc1.Cl. The van der Waals surface area contributed by atoms with Gasteiger partial charge in [-0.25, -0.2) is 0 Å². The molecule has 2 rings (SSSR count). The first-order valence-electron chi connectivity index (χ1n) is 5.17. The maximum atomic E-state index is 3.47. The number of benzene rings is 1. The van der Waals surface area contributed by atoms with Crippen LogP contribution in [0.25, 0.3) is 0 Å². The van der Waals surface area contributed by atoms with Crippen LogP contribution in [0, 0.1) is 5.92 Å². The Morgan fingerprint density at radius 3 is 2.57 bits per heavy atom. The third-order valence-corrected chi connectivity index (χ3v) is 3.09. The number of hydrogen-bond acceptors (Lipinski definition) is 1. The summed E-state index contributed by atoms with van der Waals surface area (Å²) in [5, 5.41) is 3.47. The first kappa shape index (κ1) is 11.5. The van der Waals surface area contributed by atoms with Crippen LogP contribution in [0.3, 0.4) is 0 Å². The summed E-state index contributed by atoms with van der Waals surface area (Å²) in [6.45, 7) is 4.63. The fraction of sp³-hybridized carbons (Fsp3) is 0.500. The van der Waals surface area contributed by atoms with Gasteiger partial charge in [0.05, 0.1) is 0 Å². The molecule has 0 aromatic heterocycles. The summed E-state index contributed by atoms with van der Waals surface area (Å²) >= 11 is 0. The Balaban J connectivity index is 0.000000980. The van der Waals surface area contributed by atoms with Crippen LogP contribution in [0.5, 0.6) is 0 Å². The van der Waals surface area contributed by atoms with Gasteiger partial charge in [-0.3, -0.25) is 0 Å². The first-order valence-corrected chi connectivity index (χ1v) is 5.17. The highest BCUT2D eigenvalue weighted by Gasteiger charge is 2.26. The van der Waals surface area contributed by atoms with Crippen molar-refractivity contribution in [1.82, 2.24) is 5.32 Å². The summed E-state index contributed by atoms with van der Waals surface area (Å²) in [6.07, 6.45) is 1.28. The van der Waals surface area contributed by atoms with Crippen molar-refractivity contribution in [1.29, 1.82) is 0 Å². The van der Waals surface area contributed by atoms with Crippen LogP contribution in [0.15, 0.2) is 30.3 Å². The third-order valence-electron chi connectivity index (χ3n) is 3.09. The minimum Gasteiger partial charge on any atom is -0.316 e. The van der Waals surface area contributed by atoms with E-state index in [0.29, 0.717) is 0 Å². The Morgan fingerprint density at radius 1 is 1.21 bits per heavy atom. The summed E-state index contributed by atoms with van der Waals surface area (Å²) < 4.78 is 0. The highest BCUT2D eigenvalue weighted by Crippen LogP contribution is 2.29. The van der Waals surface area contributed by atoms with Crippen LogP contribution in [0.2, 0.25) is 0 Å². The number of halogens is 1. The summed E-state index contributed by atoms with van der Waals surface area (Å²) in [4.78, 5) is 0. The van der Waals surface area contributed by atoms with E-state index in [2.05, 4.69) is 42.6 Å². The molecular weight excluding hydrogens is 194 g/mol. The quantitative estimate of drug-likeness (QED) is 0.794. The van der Waals surface area contributed by atoms with Gasteiger partial charge in [0.25, 0.3) is 0 Å². The molecule has 1 fully saturated rings. The van der Waals surface area contributed by atoms with E-state index in [4.69, 9.17) is 0 Å². The van der Waals surface area contributed by atoms with Gasteiger partial charge in [-0.15, -0.1) is 12.4 Å². The molecule has 0 spiro atoms. The standard InChI is InChI=1S/C12H17N.ClH/c1-2-10-8-13-9-12(10)11-6-4-3-5-7-11;/h3-7,10,12-13H,2,8-9H2,1H3;1H. The molecule has 2 heteroatoms. The maximum absolute atomic E-state index is 3.47. The van der Waals surface area contributed by atoms with Gasteiger partial charge >= 0.3 is 0 Å². The molecule has 2 atom stereocenters. The van der Waals surface area contributed by atoms with Gasteiger partial charge in [0.15, 0.2) is 0 Å². The molecule has 1 aliphatic rings. The Bertz CT molecular complexity index is 260. The lowest BCUT2D eigenvalue weighted by molar-refractivity contribution is 0.503. The molecule has 1 aromatic carbocycles. The third kappa shape index (κ3) is 2.28. The molecule has 14 heavy (non-hydrogen) atoms. The lowest BCUT2D eigenvalue weighted by Crippen LogP contribution is -2.08. The molecule has 0 bridgehead atoms. The zero-order chi connectivity index (χ0) is 9.10. The smallest absolute Gasteiger partial charge is 0.00234 e. The Hall–Kier alpha value is -0.530. The molecular formula is C12H18ClN. The van der Waals surface area contributed by atoms with E-state index in [1.54, 1.807) is 0 Å². The highest BCUT2D eigenvalue weighted by molar-refractivity contribution is 5.85. The van der Waals surface area contributed by atoms with Crippen molar-refractivity contribution in [2.24, 2.45) is 5.92 Å². The van der Waals surface area contributed by atoms with Crippen molar-refractivity contribution in [3.8, 4) is 0 Å². The van der Waals surface area contributed by atoms with Gasteiger partial charge < -0.3 is 5.32 Å². The second kappa shape index (κ2) is 5.38. The van der Waals surface area contributed by atoms with Crippen LogP contribution in [0.1, 0.15) is 24.8 Å². The maximum Gasteiger partial charge on any atom is 0.00234 e. The topological polar surface area (TPSA) is 12.0 Å². The van der Waals surface area contributed by atoms with Crippen molar-refractivity contribution < 1.29 is 0 Å². The molecule has 1 aromatic rings. The molecule has 78 valence electrons. The zero-order valence-electron chi connectivity index (χ0n) is 8.57. The minimum absolute atomic E-state index is 0. The number of hydrogen-bond donors (Lipinski definition) is 1. The van der Waals surface area contributed by atoms with Crippen LogP contribution in [-0.4, -0.2) is 13.1 Å². The van der Waals surface area contributed by atoms with Crippen molar-refractivity contribution in [3.63, 3.8) is 0 Å². The number of nitrogens with one attached hydrogen (secondary N) is 1. The molecule has 0 saturated carbocycles. The fourth-order valence-corrected chi connectivity index (χ4v) is 2.25. The number of rotatable bonds is 2. The van der Waals surface area contributed by atoms with Crippen molar-refractivity contribution in [2.75, 3.05) is 13.1 Å². The summed E-state index contributed by atoms with van der Waals surface area (Å²) in [6, 6.07) is 10.9. The van der Waals surface area contributed by atoms with Crippen molar-refractivity contribution >= 4 is 12.4 Å². The summed E-state index contributed by atoms with van der Waals surface area (Å²) in [5.74, 6) is 1.58. The van der Waals surface area contributed by atoms with Gasteiger partial charge in [0.2, 0.25) is 0 Å². The van der Waals surface area contributed by atoms with Crippen LogP contribution < -0.4 is 5.32 Å². The van der Waals surface area contributed by atoms with Crippen LogP contribution in [-0.2, 0) is 0 Å². The highest BCUT2D eigenvalue weighted by atomic mass is 35.5. The Labute approximate surface area is 92.3 Å². The molecule has 1 nitrogen and oxygen atoms in total. The van der Waals surface area contributed by atoms with E-state index in [1.165, 1.54) is 18.5 Å². The van der Waals surface area contributed by atoms with Gasteiger partial charge in [0.1, 0.15) is 0 Å². The van der Waals surface area contributed by atoms with E-state index in [1.807, 2.05) is 0 Å². The van der Waals surface area contributed by atoms with Gasteiger partial charge in [-0.05, 0) is 18.0 Å². The molecule has 1 saturated heterocycles. The second-order valence-electron chi connectivity index (χ2n) is 3.84. The monoisotopic (exact) mass is 211 g/mol.